The van der Waals surface area contributed by atoms with Crippen LogP contribution < -0.4 is 10.2 Å². The van der Waals surface area contributed by atoms with Crippen LogP contribution in [0.4, 0.5) is 23.8 Å². The normalized spacial score (nSPS) is 14.4. The van der Waals surface area contributed by atoms with Crippen LogP contribution in [0.2, 0.25) is 10.0 Å². The standard InChI is InChI=1S/C22H21Cl2F3N6O/c1-14-18(33(30-19(14)22(25,26)27)16-5-2-4-15(23)12-16)13-29-21(34)32-10-8-31(9-11-32)20-17(24)6-3-7-28-20/h2-7,12H,8-11,13H2,1H3,(H,29,34). The molecule has 0 aliphatic carbocycles. The zero-order valence-corrected chi connectivity index (χ0v) is 19.6. The maximum Gasteiger partial charge on any atom is 0.435 e. The predicted molar refractivity (Wildman–Crippen MR) is 124 cm³/mol. The molecule has 0 unspecified atom stereocenters. The smallest absolute Gasteiger partial charge is 0.352 e. The van der Waals surface area contributed by atoms with Gasteiger partial charge in [-0.05, 0) is 37.3 Å². The highest BCUT2D eigenvalue weighted by Crippen LogP contribution is 2.33. The molecule has 0 bridgehead atoms. The first-order valence-electron chi connectivity index (χ1n) is 10.4. The number of carbonyl (C=O) groups is 1. The quantitative estimate of drug-likeness (QED) is 0.538. The van der Waals surface area contributed by atoms with E-state index in [1.54, 1.807) is 41.4 Å². The molecule has 1 aliphatic rings. The van der Waals surface area contributed by atoms with Crippen LogP contribution in [0.15, 0.2) is 42.6 Å². The van der Waals surface area contributed by atoms with Gasteiger partial charge in [0.1, 0.15) is 5.82 Å². The van der Waals surface area contributed by atoms with Crippen LogP contribution in [0.3, 0.4) is 0 Å². The number of pyridine rings is 1. The number of hydrogen-bond acceptors (Lipinski definition) is 4. The van der Waals surface area contributed by atoms with E-state index in [1.807, 2.05) is 4.90 Å². The van der Waals surface area contributed by atoms with Crippen molar-refractivity contribution in [3.05, 3.63) is 69.6 Å². The molecule has 12 heteroatoms. The van der Waals surface area contributed by atoms with Crippen LogP contribution in [0.1, 0.15) is 17.0 Å². The van der Waals surface area contributed by atoms with E-state index < -0.39 is 11.9 Å². The first-order chi connectivity index (χ1) is 16.1. The number of anilines is 1. The number of aromatic nitrogens is 3. The molecule has 1 fully saturated rings. The maximum atomic E-state index is 13.5. The third-order valence-electron chi connectivity index (χ3n) is 5.58. The van der Waals surface area contributed by atoms with Crippen molar-refractivity contribution in [2.45, 2.75) is 19.6 Å². The van der Waals surface area contributed by atoms with Gasteiger partial charge < -0.3 is 15.1 Å². The van der Waals surface area contributed by atoms with Gasteiger partial charge in [-0.25, -0.2) is 14.5 Å². The minimum absolute atomic E-state index is 0.0533. The number of hydrogen-bond donors (Lipinski definition) is 1. The van der Waals surface area contributed by atoms with E-state index in [4.69, 9.17) is 23.2 Å². The molecule has 0 spiro atoms. The van der Waals surface area contributed by atoms with Crippen LogP contribution in [-0.2, 0) is 12.7 Å². The molecule has 2 amide bonds. The number of rotatable bonds is 4. The van der Waals surface area contributed by atoms with Crippen molar-refractivity contribution in [1.82, 2.24) is 25.0 Å². The summed E-state index contributed by atoms with van der Waals surface area (Å²) in [5.41, 5.74) is -0.460. The van der Waals surface area contributed by atoms with E-state index in [0.717, 1.165) is 0 Å². The van der Waals surface area contributed by atoms with E-state index in [9.17, 15) is 18.0 Å². The average molecular weight is 513 g/mol. The summed E-state index contributed by atoms with van der Waals surface area (Å²) < 4.78 is 41.7. The van der Waals surface area contributed by atoms with Gasteiger partial charge in [-0.2, -0.15) is 18.3 Å². The molecule has 0 radical (unpaired) electrons. The highest BCUT2D eigenvalue weighted by Gasteiger charge is 2.38. The summed E-state index contributed by atoms with van der Waals surface area (Å²) in [6, 6.07) is 9.48. The molecular weight excluding hydrogens is 492 g/mol. The zero-order valence-electron chi connectivity index (χ0n) is 18.1. The second kappa shape index (κ2) is 9.71. The summed E-state index contributed by atoms with van der Waals surface area (Å²) in [6.45, 7) is 3.10. The van der Waals surface area contributed by atoms with Gasteiger partial charge in [-0.3, -0.25) is 0 Å². The lowest BCUT2D eigenvalue weighted by atomic mass is 10.2. The third-order valence-corrected chi connectivity index (χ3v) is 6.11. The van der Waals surface area contributed by atoms with Crippen molar-refractivity contribution in [3.8, 4) is 5.69 Å². The van der Waals surface area contributed by atoms with E-state index >= 15 is 0 Å². The maximum absolute atomic E-state index is 13.5. The number of amides is 2. The van der Waals surface area contributed by atoms with Crippen LogP contribution in [0.5, 0.6) is 0 Å². The minimum Gasteiger partial charge on any atom is -0.352 e. The van der Waals surface area contributed by atoms with Gasteiger partial charge in [0.05, 0.1) is 22.9 Å². The molecule has 1 saturated heterocycles. The first-order valence-corrected chi connectivity index (χ1v) is 11.2. The summed E-state index contributed by atoms with van der Waals surface area (Å²) >= 11 is 12.2. The number of nitrogens with zero attached hydrogens (tertiary/aromatic N) is 5. The number of carbonyl (C=O) groups excluding carboxylic acids is 1. The molecule has 7 nitrogen and oxygen atoms in total. The number of halogens is 5. The Hall–Kier alpha value is -2.98. The summed E-state index contributed by atoms with van der Waals surface area (Å²) in [5.74, 6) is 0.657. The SMILES string of the molecule is Cc1c(C(F)(F)F)nn(-c2cccc(Cl)c2)c1CNC(=O)N1CCN(c2ncccc2Cl)CC1. The highest BCUT2D eigenvalue weighted by atomic mass is 35.5. The molecule has 34 heavy (non-hydrogen) atoms. The molecule has 3 heterocycles. The lowest BCUT2D eigenvalue weighted by Gasteiger charge is -2.35. The number of urea groups is 1. The van der Waals surface area contributed by atoms with Crippen molar-refractivity contribution in [1.29, 1.82) is 0 Å². The summed E-state index contributed by atoms with van der Waals surface area (Å²) in [7, 11) is 0. The fraction of sp³-hybridized carbons (Fsp3) is 0.318. The van der Waals surface area contributed by atoms with Crippen LogP contribution in [0.25, 0.3) is 5.69 Å². The number of benzene rings is 1. The Morgan fingerprint density at radius 3 is 2.50 bits per heavy atom. The molecule has 3 aromatic rings. The largest absolute Gasteiger partial charge is 0.435 e. The number of alkyl halides is 3. The Labute approximate surface area is 204 Å². The van der Waals surface area contributed by atoms with Gasteiger partial charge >= 0.3 is 12.2 Å². The van der Waals surface area contributed by atoms with E-state index in [-0.39, 0.29) is 23.8 Å². The van der Waals surface area contributed by atoms with Crippen molar-refractivity contribution in [2.75, 3.05) is 31.1 Å². The van der Waals surface area contributed by atoms with Crippen molar-refractivity contribution in [3.63, 3.8) is 0 Å². The Kier molecular flexibility index (Phi) is 6.90. The third kappa shape index (κ3) is 5.07. The monoisotopic (exact) mass is 512 g/mol. The Balaban J connectivity index is 1.47. The van der Waals surface area contributed by atoms with E-state index in [1.165, 1.54) is 17.7 Å². The first kappa shape index (κ1) is 24.2. The summed E-state index contributed by atoms with van der Waals surface area (Å²) in [6.07, 6.45) is -2.98. The van der Waals surface area contributed by atoms with E-state index in [2.05, 4.69) is 15.4 Å². The summed E-state index contributed by atoms with van der Waals surface area (Å²) in [4.78, 5) is 20.7. The molecule has 1 N–H and O–H groups in total. The van der Waals surface area contributed by atoms with Crippen LogP contribution in [0, 0.1) is 6.92 Å². The Bertz CT molecular complexity index is 1190. The second-order valence-corrected chi connectivity index (χ2v) is 8.60. The topological polar surface area (TPSA) is 66.3 Å². The molecule has 2 aromatic heterocycles. The molecule has 1 aromatic carbocycles. The van der Waals surface area contributed by atoms with Crippen molar-refractivity contribution < 1.29 is 18.0 Å². The molecular formula is C22H21Cl2F3N6O. The fourth-order valence-corrected chi connectivity index (χ4v) is 4.26. The molecule has 4 rings (SSSR count). The van der Waals surface area contributed by atoms with Gasteiger partial charge in [-0.15, -0.1) is 0 Å². The lowest BCUT2D eigenvalue weighted by Crippen LogP contribution is -2.52. The van der Waals surface area contributed by atoms with Crippen molar-refractivity contribution in [2.24, 2.45) is 0 Å². The predicted octanol–water partition coefficient (Wildman–Crippen LogP) is 4.93. The zero-order chi connectivity index (χ0) is 24.5. The van der Waals surface area contributed by atoms with Gasteiger partial charge in [0, 0.05) is 43.0 Å². The number of nitrogens with one attached hydrogen (secondary N) is 1. The summed E-state index contributed by atoms with van der Waals surface area (Å²) in [5, 5.41) is 7.40. The van der Waals surface area contributed by atoms with Gasteiger partial charge in [-0.1, -0.05) is 29.3 Å². The highest BCUT2D eigenvalue weighted by molar-refractivity contribution is 6.33. The van der Waals surface area contributed by atoms with Gasteiger partial charge in [0.15, 0.2) is 5.69 Å². The fourth-order valence-electron chi connectivity index (χ4n) is 3.83. The molecule has 0 saturated carbocycles. The molecule has 180 valence electrons. The average Bonchev–Trinajstić information content (AvgIpc) is 3.14. The van der Waals surface area contributed by atoms with Crippen LogP contribution in [-0.4, -0.2) is 51.9 Å². The number of piperazine rings is 1. The second-order valence-electron chi connectivity index (χ2n) is 7.75. The minimum atomic E-state index is -4.63. The van der Waals surface area contributed by atoms with Crippen LogP contribution >= 0.6 is 23.2 Å². The van der Waals surface area contributed by atoms with Gasteiger partial charge in [0.2, 0.25) is 0 Å². The Morgan fingerprint density at radius 1 is 1.12 bits per heavy atom. The molecule has 0 atom stereocenters. The van der Waals surface area contributed by atoms with Gasteiger partial charge in [0.25, 0.3) is 0 Å². The van der Waals surface area contributed by atoms with E-state index in [0.29, 0.717) is 47.7 Å². The Morgan fingerprint density at radius 2 is 1.85 bits per heavy atom. The molecule has 1 aliphatic heterocycles. The van der Waals surface area contributed by atoms with Crippen molar-refractivity contribution >= 4 is 35.1 Å². The lowest BCUT2D eigenvalue weighted by molar-refractivity contribution is -0.141.